The summed E-state index contributed by atoms with van der Waals surface area (Å²) in [7, 11) is 0. The molecule has 0 aliphatic carbocycles. The van der Waals surface area contributed by atoms with Gasteiger partial charge in [-0.05, 0) is 25.0 Å². The lowest BCUT2D eigenvalue weighted by atomic mass is 10.1. The number of hydrogen-bond acceptors (Lipinski definition) is 3. The van der Waals surface area contributed by atoms with Gasteiger partial charge in [-0.1, -0.05) is 32.0 Å². The van der Waals surface area contributed by atoms with Crippen LogP contribution in [-0.2, 0) is 4.79 Å². The van der Waals surface area contributed by atoms with Gasteiger partial charge in [-0.15, -0.1) is 0 Å². The van der Waals surface area contributed by atoms with Crippen LogP contribution in [0.4, 0.5) is 0 Å². The first-order valence-electron chi connectivity index (χ1n) is 6.73. The third kappa shape index (κ3) is 5.01. The van der Waals surface area contributed by atoms with Crippen molar-refractivity contribution in [3.05, 3.63) is 35.9 Å². The van der Waals surface area contributed by atoms with E-state index in [0.29, 0.717) is 5.56 Å². The summed E-state index contributed by atoms with van der Waals surface area (Å²) in [6, 6.07) is 8.06. The summed E-state index contributed by atoms with van der Waals surface area (Å²) in [6.45, 7) is 5.54. The molecule has 2 unspecified atom stereocenters. The Hall–Kier alpha value is -1.88. The number of rotatable bonds is 6. The first kappa shape index (κ1) is 16.2. The van der Waals surface area contributed by atoms with E-state index in [0.717, 1.165) is 0 Å². The van der Waals surface area contributed by atoms with E-state index in [1.54, 1.807) is 31.2 Å². The van der Waals surface area contributed by atoms with Gasteiger partial charge >= 0.3 is 0 Å². The summed E-state index contributed by atoms with van der Waals surface area (Å²) >= 11 is 0. The highest BCUT2D eigenvalue weighted by molar-refractivity contribution is 5.97. The predicted molar refractivity (Wildman–Crippen MR) is 77.2 cm³/mol. The molecular formula is C15H22N2O3. The third-order valence-corrected chi connectivity index (χ3v) is 3.03. The Morgan fingerprint density at radius 3 is 2.30 bits per heavy atom. The largest absolute Gasteiger partial charge is 0.391 e. The summed E-state index contributed by atoms with van der Waals surface area (Å²) < 4.78 is 0. The Morgan fingerprint density at radius 1 is 1.15 bits per heavy atom. The molecule has 0 heterocycles. The number of benzene rings is 1. The highest BCUT2D eigenvalue weighted by Gasteiger charge is 2.18. The highest BCUT2D eigenvalue weighted by atomic mass is 16.3. The zero-order chi connectivity index (χ0) is 15.1. The van der Waals surface area contributed by atoms with Crippen LogP contribution in [-0.4, -0.2) is 35.6 Å². The average Bonchev–Trinajstić information content (AvgIpc) is 2.44. The van der Waals surface area contributed by atoms with Crippen molar-refractivity contribution in [2.45, 2.75) is 32.9 Å². The van der Waals surface area contributed by atoms with Crippen LogP contribution in [0.5, 0.6) is 0 Å². The SMILES string of the molecule is CC(NC(=O)c1ccccc1)C(=O)NCC(O)C(C)C. The number of carbonyl (C=O) groups excluding carboxylic acids is 2. The maximum atomic E-state index is 11.9. The van der Waals surface area contributed by atoms with E-state index in [1.807, 2.05) is 19.9 Å². The molecule has 0 spiro atoms. The zero-order valence-corrected chi connectivity index (χ0v) is 12.1. The second-order valence-electron chi connectivity index (χ2n) is 5.12. The molecule has 2 atom stereocenters. The van der Waals surface area contributed by atoms with Crippen LogP contribution in [0.3, 0.4) is 0 Å². The van der Waals surface area contributed by atoms with E-state index in [1.165, 1.54) is 0 Å². The van der Waals surface area contributed by atoms with E-state index >= 15 is 0 Å². The number of aliphatic hydroxyl groups is 1. The van der Waals surface area contributed by atoms with Gasteiger partial charge in [0.2, 0.25) is 5.91 Å². The third-order valence-electron chi connectivity index (χ3n) is 3.03. The van der Waals surface area contributed by atoms with Crippen molar-refractivity contribution in [3.63, 3.8) is 0 Å². The lowest BCUT2D eigenvalue weighted by Gasteiger charge is -2.18. The Labute approximate surface area is 119 Å². The number of nitrogens with one attached hydrogen (secondary N) is 2. The number of amides is 2. The van der Waals surface area contributed by atoms with E-state index in [-0.39, 0.29) is 24.3 Å². The van der Waals surface area contributed by atoms with Crippen LogP contribution in [0.15, 0.2) is 30.3 Å². The zero-order valence-electron chi connectivity index (χ0n) is 12.1. The Bertz CT molecular complexity index is 446. The molecule has 20 heavy (non-hydrogen) atoms. The van der Waals surface area contributed by atoms with Crippen LogP contribution in [0.2, 0.25) is 0 Å². The Morgan fingerprint density at radius 2 is 1.75 bits per heavy atom. The van der Waals surface area contributed by atoms with Gasteiger partial charge < -0.3 is 15.7 Å². The molecule has 0 saturated carbocycles. The van der Waals surface area contributed by atoms with Gasteiger partial charge in [0.15, 0.2) is 0 Å². The van der Waals surface area contributed by atoms with Crippen LogP contribution in [0, 0.1) is 5.92 Å². The summed E-state index contributed by atoms with van der Waals surface area (Å²) in [4.78, 5) is 23.7. The summed E-state index contributed by atoms with van der Waals surface area (Å²) in [5.74, 6) is -0.531. The van der Waals surface area contributed by atoms with Gasteiger partial charge in [0.25, 0.3) is 5.91 Å². The van der Waals surface area contributed by atoms with Crippen LogP contribution in [0.25, 0.3) is 0 Å². The van der Waals surface area contributed by atoms with Crippen molar-refractivity contribution in [2.75, 3.05) is 6.54 Å². The molecular weight excluding hydrogens is 256 g/mol. The average molecular weight is 278 g/mol. The smallest absolute Gasteiger partial charge is 0.251 e. The first-order valence-corrected chi connectivity index (χ1v) is 6.73. The molecule has 110 valence electrons. The fourth-order valence-electron chi connectivity index (χ4n) is 1.53. The molecule has 1 rings (SSSR count). The molecule has 0 aliphatic rings. The highest BCUT2D eigenvalue weighted by Crippen LogP contribution is 2.00. The predicted octanol–water partition coefficient (Wildman–Crippen LogP) is 0.938. The molecule has 3 N–H and O–H groups in total. The minimum atomic E-state index is -0.651. The first-order chi connectivity index (χ1) is 9.41. The van der Waals surface area contributed by atoms with Crippen molar-refractivity contribution in [1.82, 2.24) is 10.6 Å². The maximum Gasteiger partial charge on any atom is 0.251 e. The maximum absolute atomic E-state index is 11.9. The van der Waals surface area contributed by atoms with Gasteiger partial charge in [-0.3, -0.25) is 9.59 Å². The summed E-state index contributed by atoms with van der Waals surface area (Å²) in [5, 5.41) is 14.8. The second kappa shape index (κ2) is 7.65. The fourth-order valence-corrected chi connectivity index (χ4v) is 1.53. The molecule has 0 radical (unpaired) electrons. The standard InChI is InChI=1S/C15H22N2O3/c1-10(2)13(18)9-16-14(19)11(3)17-15(20)12-7-5-4-6-8-12/h4-8,10-11,13,18H,9H2,1-3H3,(H,16,19)(H,17,20). The Balaban J connectivity index is 2.44. The van der Waals surface area contributed by atoms with E-state index < -0.39 is 12.1 Å². The molecule has 0 fully saturated rings. The molecule has 5 heteroatoms. The van der Waals surface area contributed by atoms with Crippen molar-refractivity contribution >= 4 is 11.8 Å². The minimum absolute atomic E-state index is 0.0736. The topological polar surface area (TPSA) is 78.4 Å². The van der Waals surface area contributed by atoms with Gasteiger partial charge in [0.05, 0.1) is 6.10 Å². The number of aliphatic hydroxyl groups excluding tert-OH is 1. The molecule has 2 amide bonds. The molecule has 0 aromatic heterocycles. The monoisotopic (exact) mass is 278 g/mol. The van der Waals surface area contributed by atoms with E-state index in [2.05, 4.69) is 10.6 Å². The van der Waals surface area contributed by atoms with Gasteiger partial charge in [0, 0.05) is 12.1 Å². The fraction of sp³-hybridized carbons (Fsp3) is 0.467. The number of hydrogen-bond donors (Lipinski definition) is 3. The second-order valence-corrected chi connectivity index (χ2v) is 5.12. The molecule has 1 aromatic carbocycles. The lowest BCUT2D eigenvalue weighted by Crippen LogP contribution is -2.47. The molecule has 5 nitrogen and oxygen atoms in total. The van der Waals surface area contributed by atoms with E-state index in [9.17, 15) is 14.7 Å². The van der Waals surface area contributed by atoms with Crippen molar-refractivity contribution in [3.8, 4) is 0 Å². The molecule has 0 aliphatic heterocycles. The van der Waals surface area contributed by atoms with Gasteiger partial charge in [-0.25, -0.2) is 0 Å². The Kier molecular flexibility index (Phi) is 6.18. The van der Waals surface area contributed by atoms with Crippen LogP contribution in [0.1, 0.15) is 31.1 Å². The summed E-state index contributed by atoms with van der Waals surface area (Å²) in [6.07, 6.45) is -0.587. The summed E-state index contributed by atoms with van der Waals surface area (Å²) in [5.41, 5.74) is 0.509. The molecule has 1 aromatic rings. The van der Waals surface area contributed by atoms with Gasteiger partial charge in [0.1, 0.15) is 6.04 Å². The van der Waals surface area contributed by atoms with Crippen molar-refractivity contribution < 1.29 is 14.7 Å². The van der Waals surface area contributed by atoms with Crippen LogP contribution >= 0.6 is 0 Å². The van der Waals surface area contributed by atoms with Gasteiger partial charge in [-0.2, -0.15) is 0 Å². The quantitative estimate of drug-likeness (QED) is 0.724. The normalized spacial score (nSPS) is 13.7. The van der Waals surface area contributed by atoms with Crippen LogP contribution < -0.4 is 10.6 Å². The molecule has 0 bridgehead atoms. The van der Waals surface area contributed by atoms with Crippen molar-refractivity contribution in [2.24, 2.45) is 5.92 Å². The lowest BCUT2D eigenvalue weighted by molar-refractivity contribution is -0.123. The van der Waals surface area contributed by atoms with E-state index in [4.69, 9.17) is 0 Å². The number of carbonyl (C=O) groups is 2. The molecule has 0 saturated heterocycles. The van der Waals surface area contributed by atoms with Crippen molar-refractivity contribution in [1.29, 1.82) is 0 Å². The minimum Gasteiger partial charge on any atom is -0.391 e.